The number of esters is 1. The first-order valence-corrected chi connectivity index (χ1v) is 5.77. The van der Waals surface area contributed by atoms with Crippen molar-refractivity contribution < 1.29 is 19.7 Å². The molecule has 4 nitrogen and oxygen atoms in total. The van der Waals surface area contributed by atoms with Crippen LogP contribution in [-0.4, -0.2) is 16.2 Å². The summed E-state index contributed by atoms with van der Waals surface area (Å²) in [6, 6.07) is 3.04. The Kier molecular flexibility index (Phi) is 4.82. The predicted molar refractivity (Wildman–Crippen MR) is 64.3 cm³/mol. The van der Waals surface area contributed by atoms with Crippen LogP contribution >= 0.6 is 0 Å². The van der Waals surface area contributed by atoms with Crippen LogP contribution in [0.25, 0.3) is 0 Å². The number of aryl methyl sites for hydroxylation is 1. The topological polar surface area (TPSA) is 66.8 Å². The van der Waals surface area contributed by atoms with Gasteiger partial charge in [0.1, 0.15) is 0 Å². The Bertz CT molecular complexity index is 375. The van der Waals surface area contributed by atoms with Gasteiger partial charge in [0.05, 0.1) is 0 Å². The molecule has 0 bridgehead atoms. The largest absolute Gasteiger partial charge is 0.504 e. The minimum absolute atomic E-state index is 0.170. The van der Waals surface area contributed by atoms with Gasteiger partial charge in [-0.2, -0.15) is 0 Å². The molecule has 1 rings (SSSR count). The minimum atomic E-state index is -0.575. The SMILES string of the molecule is CCCCCc1cc(O)c(OC(C)=O)c(O)c1. The number of rotatable bonds is 5. The van der Waals surface area contributed by atoms with Gasteiger partial charge in [-0.15, -0.1) is 0 Å². The van der Waals surface area contributed by atoms with E-state index >= 15 is 0 Å². The zero-order valence-electron chi connectivity index (χ0n) is 10.2. The molecular formula is C13H18O4. The van der Waals surface area contributed by atoms with Crippen LogP contribution < -0.4 is 4.74 Å². The minimum Gasteiger partial charge on any atom is -0.504 e. The lowest BCUT2D eigenvalue weighted by Gasteiger charge is -2.09. The fraction of sp³-hybridized carbons (Fsp3) is 0.462. The van der Waals surface area contributed by atoms with Crippen molar-refractivity contribution in [2.45, 2.75) is 39.5 Å². The zero-order chi connectivity index (χ0) is 12.8. The van der Waals surface area contributed by atoms with Gasteiger partial charge in [-0.1, -0.05) is 19.8 Å². The summed E-state index contributed by atoms with van der Waals surface area (Å²) >= 11 is 0. The maximum Gasteiger partial charge on any atom is 0.308 e. The van der Waals surface area contributed by atoms with E-state index in [1.165, 1.54) is 19.1 Å². The molecule has 0 aliphatic carbocycles. The Morgan fingerprint density at radius 1 is 1.24 bits per heavy atom. The second-order valence-corrected chi connectivity index (χ2v) is 4.01. The summed E-state index contributed by atoms with van der Waals surface area (Å²) in [5.74, 6) is -1.15. The second-order valence-electron chi connectivity index (χ2n) is 4.01. The molecule has 4 heteroatoms. The van der Waals surface area contributed by atoms with Crippen LogP contribution in [0.3, 0.4) is 0 Å². The van der Waals surface area contributed by atoms with Crippen LogP contribution in [0.5, 0.6) is 17.2 Å². The number of hydrogen-bond acceptors (Lipinski definition) is 4. The summed E-state index contributed by atoms with van der Waals surface area (Å²) in [5.41, 5.74) is 0.837. The molecule has 0 saturated heterocycles. The van der Waals surface area contributed by atoms with Gasteiger partial charge >= 0.3 is 5.97 Å². The first-order valence-electron chi connectivity index (χ1n) is 5.77. The number of hydrogen-bond donors (Lipinski definition) is 2. The van der Waals surface area contributed by atoms with E-state index in [1.807, 2.05) is 0 Å². The molecule has 0 fully saturated rings. The summed E-state index contributed by atoms with van der Waals surface area (Å²) < 4.78 is 4.72. The molecule has 0 saturated carbocycles. The number of ether oxygens (including phenoxy) is 1. The maximum atomic E-state index is 10.8. The molecule has 0 atom stereocenters. The quantitative estimate of drug-likeness (QED) is 0.470. The summed E-state index contributed by atoms with van der Waals surface area (Å²) in [6.07, 6.45) is 4.01. The van der Waals surface area contributed by atoms with Crippen molar-refractivity contribution in [3.05, 3.63) is 17.7 Å². The van der Waals surface area contributed by atoms with Crippen molar-refractivity contribution in [3.8, 4) is 17.2 Å². The average molecular weight is 238 g/mol. The highest BCUT2D eigenvalue weighted by Crippen LogP contribution is 2.37. The second kappa shape index (κ2) is 6.13. The molecule has 1 aromatic rings. The van der Waals surface area contributed by atoms with Gasteiger partial charge in [0.15, 0.2) is 11.5 Å². The van der Waals surface area contributed by atoms with Crippen molar-refractivity contribution in [3.63, 3.8) is 0 Å². The highest BCUT2D eigenvalue weighted by Gasteiger charge is 2.13. The molecule has 0 heterocycles. The number of carbonyl (C=O) groups is 1. The normalized spacial score (nSPS) is 10.2. The van der Waals surface area contributed by atoms with Crippen molar-refractivity contribution in [1.29, 1.82) is 0 Å². The monoisotopic (exact) mass is 238 g/mol. The van der Waals surface area contributed by atoms with Gasteiger partial charge in [-0.3, -0.25) is 4.79 Å². The molecule has 0 aliphatic heterocycles. The molecule has 17 heavy (non-hydrogen) atoms. The van der Waals surface area contributed by atoms with Gasteiger partial charge < -0.3 is 14.9 Å². The standard InChI is InChI=1S/C13H18O4/c1-3-4-5-6-10-7-11(15)13(12(16)8-10)17-9(2)14/h7-8,15-16H,3-6H2,1-2H3. The fourth-order valence-corrected chi connectivity index (χ4v) is 1.63. The summed E-state index contributed by atoms with van der Waals surface area (Å²) in [7, 11) is 0. The van der Waals surface area contributed by atoms with E-state index in [4.69, 9.17) is 4.74 Å². The Morgan fingerprint density at radius 3 is 2.29 bits per heavy atom. The van der Waals surface area contributed by atoms with Crippen molar-refractivity contribution in [2.75, 3.05) is 0 Å². The number of carbonyl (C=O) groups excluding carboxylic acids is 1. The van der Waals surface area contributed by atoms with Crippen LogP contribution in [0.15, 0.2) is 12.1 Å². The molecule has 0 unspecified atom stereocenters. The Balaban J connectivity index is 2.81. The first kappa shape index (κ1) is 13.4. The Morgan fingerprint density at radius 2 is 1.82 bits per heavy atom. The number of aromatic hydroxyl groups is 2. The lowest BCUT2D eigenvalue weighted by molar-refractivity contribution is -0.132. The molecule has 94 valence electrons. The van der Waals surface area contributed by atoms with Crippen molar-refractivity contribution in [2.24, 2.45) is 0 Å². The maximum absolute atomic E-state index is 10.8. The van der Waals surface area contributed by atoms with E-state index in [0.29, 0.717) is 0 Å². The van der Waals surface area contributed by atoms with Gasteiger partial charge in [-0.05, 0) is 30.5 Å². The number of phenols is 2. The average Bonchev–Trinajstić information content (AvgIpc) is 2.24. The van der Waals surface area contributed by atoms with Gasteiger partial charge in [-0.25, -0.2) is 0 Å². The van der Waals surface area contributed by atoms with E-state index in [2.05, 4.69) is 6.92 Å². The molecule has 1 aromatic carbocycles. The predicted octanol–water partition coefficient (Wildman–Crippen LogP) is 2.76. The van der Waals surface area contributed by atoms with Gasteiger partial charge in [0.25, 0.3) is 0 Å². The lowest BCUT2D eigenvalue weighted by atomic mass is 10.1. The summed E-state index contributed by atoms with van der Waals surface area (Å²) in [4.78, 5) is 10.8. The van der Waals surface area contributed by atoms with E-state index in [-0.39, 0.29) is 17.2 Å². The van der Waals surface area contributed by atoms with Crippen LogP contribution in [0.4, 0.5) is 0 Å². The molecule has 0 amide bonds. The Labute approximate surface area is 101 Å². The zero-order valence-corrected chi connectivity index (χ0v) is 10.2. The van der Waals surface area contributed by atoms with Gasteiger partial charge in [0.2, 0.25) is 5.75 Å². The summed E-state index contributed by atoms with van der Waals surface area (Å²) in [6.45, 7) is 3.33. The fourth-order valence-electron chi connectivity index (χ4n) is 1.63. The summed E-state index contributed by atoms with van der Waals surface area (Å²) in [5, 5.41) is 19.3. The van der Waals surface area contributed by atoms with Crippen molar-refractivity contribution >= 4 is 5.97 Å². The Hall–Kier alpha value is -1.71. The van der Waals surface area contributed by atoms with Crippen LogP contribution in [0.2, 0.25) is 0 Å². The van der Waals surface area contributed by atoms with Crippen LogP contribution in [0.1, 0.15) is 38.7 Å². The van der Waals surface area contributed by atoms with Gasteiger partial charge in [0, 0.05) is 6.92 Å². The highest BCUT2D eigenvalue weighted by molar-refractivity contribution is 5.72. The first-order chi connectivity index (χ1) is 8.04. The van der Waals surface area contributed by atoms with E-state index in [9.17, 15) is 15.0 Å². The van der Waals surface area contributed by atoms with Crippen LogP contribution in [0, 0.1) is 0 Å². The highest BCUT2D eigenvalue weighted by atomic mass is 16.5. The van der Waals surface area contributed by atoms with E-state index in [0.717, 1.165) is 31.2 Å². The lowest BCUT2D eigenvalue weighted by Crippen LogP contribution is -2.02. The molecule has 0 aliphatic rings. The van der Waals surface area contributed by atoms with E-state index in [1.54, 1.807) is 0 Å². The van der Waals surface area contributed by atoms with Crippen molar-refractivity contribution in [1.82, 2.24) is 0 Å². The number of unbranched alkanes of at least 4 members (excludes halogenated alkanes) is 2. The molecule has 0 spiro atoms. The third kappa shape index (κ3) is 3.98. The smallest absolute Gasteiger partial charge is 0.308 e. The number of phenolic OH excluding ortho intramolecular Hbond substituents is 2. The molecule has 0 aromatic heterocycles. The molecular weight excluding hydrogens is 220 g/mol. The third-order valence-electron chi connectivity index (χ3n) is 2.42. The number of benzene rings is 1. The molecule has 2 N–H and O–H groups in total. The van der Waals surface area contributed by atoms with E-state index < -0.39 is 5.97 Å². The van der Waals surface area contributed by atoms with Crippen LogP contribution in [-0.2, 0) is 11.2 Å². The molecule has 0 radical (unpaired) electrons. The third-order valence-corrected chi connectivity index (χ3v) is 2.42.